The highest BCUT2D eigenvalue weighted by molar-refractivity contribution is 5.88. The van der Waals surface area contributed by atoms with Crippen LogP contribution in [0.3, 0.4) is 0 Å². The Balaban J connectivity index is 1.24. The van der Waals surface area contributed by atoms with E-state index in [9.17, 15) is 9.59 Å². The number of halogens is 2. The molecule has 14 heteroatoms. The molecule has 0 aliphatic rings. The Labute approximate surface area is 365 Å². The predicted octanol–water partition coefficient (Wildman–Crippen LogP) is 10.2. The molecule has 12 nitrogen and oxygen atoms in total. The lowest BCUT2D eigenvalue weighted by atomic mass is 9.73. The number of esters is 2. The number of para-hydroxylation sites is 1. The number of fused-ring (bicyclic) bond motifs is 1. The van der Waals surface area contributed by atoms with Gasteiger partial charge in [-0.1, -0.05) is 63.2 Å². The van der Waals surface area contributed by atoms with E-state index in [0.717, 1.165) is 16.8 Å². The summed E-state index contributed by atoms with van der Waals surface area (Å²) >= 11 is 0. The third kappa shape index (κ3) is 9.95. The lowest BCUT2D eigenvalue weighted by Crippen LogP contribution is -2.30. The van der Waals surface area contributed by atoms with Crippen LogP contribution in [0.4, 0.5) is 8.78 Å². The molecule has 328 valence electrons. The van der Waals surface area contributed by atoms with Crippen molar-refractivity contribution in [2.75, 3.05) is 13.2 Å². The first-order chi connectivity index (χ1) is 30.2. The molecule has 0 amide bonds. The number of carbonyl (C=O) groups is 2. The van der Waals surface area contributed by atoms with Crippen LogP contribution in [0.2, 0.25) is 0 Å². The monoisotopic (exact) mass is 858 g/mol. The van der Waals surface area contributed by atoms with Gasteiger partial charge in [0.15, 0.2) is 23.2 Å². The molecule has 0 radical (unpaired) electrons. The van der Waals surface area contributed by atoms with Crippen LogP contribution in [0, 0.1) is 23.0 Å². The fourth-order valence-corrected chi connectivity index (χ4v) is 7.66. The summed E-state index contributed by atoms with van der Waals surface area (Å²) in [5.41, 5.74) is 2.54. The summed E-state index contributed by atoms with van der Waals surface area (Å²) in [6.07, 6.45) is 5.19. The first-order valence-corrected chi connectivity index (χ1v) is 20.9. The van der Waals surface area contributed by atoms with Gasteiger partial charge in [0.25, 0.3) is 0 Å². The van der Waals surface area contributed by atoms with E-state index in [2.05, 4.69) is 37.0 Å². The molecule has 1 N–H and O–H groups in total. The van der Waals surface area contributed by atoms with E-state index in [1.165, 1.54) is 35.9 Å². The summed E-state index contributed by atoms with van der Waals surface area (Å²) in [7, 11) is 1.70. The zero-order valence-electron chi connectivity index (χ0n) is 36.6. The minimum atomic E-state index is -0.796. The quantitative estimate of drug-likeness (QED) is 0.0837. The van der Waals surface area contributed by atoms with Crippen molar-refractivity contribution < 1.29 is 37.3 Å². The van der Waals surface area contributed by atoms with Crippen LogP contribution in [-0.4, -0.2) is 54.7 Å². The van der Waals surface area contributed by atoms with E-state index in [0.29, 0.717) is 60.6 Å². The van der Waals surface area contributed by atoms with Crippen molar-refractivity contribution in [2.45, 2.75) is 72.8 Å². The molecule has 7 rings (SSSR count). The number of H-pyrrole nitrogens is 1. The lowest BCUT2D eigenvalue weighted by Gasteiger charge is -2.32. The van der Waals surface area contributed by atoms with E-state index in [1.807, 2.05) is 72.3 Å². The number of aryl methyl sites for hydroxylation is 1. The van der Waals surface area contributed by atoms with Gasteiger partial charge in [0, 0.05) is 48.9 Å². The molecule has 3 heterocycles. The average molecular weight is 859 g/mol. The van der Waals surface area contributed by atoms with E-state index in [1.54, 1.807) is 26.2 Å². The predicted molar refractivity (Wildman–Crippen MR) is 235 cm³/mol. The molecule has 0 saturated carbocycles. The maximum atomic E-state index is 16.3. The highest BCUT2D eigenvalue weighted by Crippen LogP contribution is 2.41. The van der Waals surface area contributed by atoms with Gasteiger partial charge in [-0.3, -0.25) is 9.59 Å². The number of nitrogens with one attached hydrogen (secondary N) is 1. The zero-order chi connectivity index (χ0) is 44.9. The second-order valence-electron chi connectivity index (χ2n) is 16.8. The third-order valence-corrected chi connectivity index (χ3v) is 11.3. The Morgan fingerprint density at radius 1 is 0.905 bits per heavy atom. The van der Waals surface area contributed by atoms with Gasteiger partial charge in [0.05, 0.1) is 41.8 Å². The molecule has 4 aromatic carbocycles. The number of carbonyl (C=O) groups excluding carboxylic acids is 2. The summed E-state index contributed by atoms with van der Waals surface area (Å²) in [6.45, 7) is 11.7. The number of hydrogen-bond donors (Lipinski definition) is 1. The fourth-order valence-electron chi connectivity index (χ4n) is 7.66. The Morgan fingerprint density at radius 2 is 1.70 bits per heavy atom. The van der Waals surface area contributed by atoms with Crippen LogP contribution in [-0.2, 0) is 44.6 Å². The Hall–Kier alpha value is -6.83. The largest absolute Gasteiger partial charge is 0.477 e. The van der Waals surface area contributed by atoms with Crippen LogP contribution in [0.15, 0.2) is 103 Å². The van der Waals surface area contributed by atoms with Crippen molar-refractivity contribution in [3.05, 3.63) is 138 Å². The topological polar surface area (TPSA) is 135 Å². The second-order valence-corrected chi connectivity index (χ2v) is 16.8. The summed E-state index contributed by atoms with van der Waals surface area (Å²) in [4.78, 5) is 29.6. The van der Waals surface area contributed by atoms with Crippen molar-refractivity contribution in [2.24, 2.45) is 18.4 Å². The number of ether oxygens (including phenoxy) is 4. The summed E-state index contributed by atoms with van der Waals surface area (Å²) in [5.74, 6) is -1.22. The molecule has 0 spiro atoms. The van der Waals surface area contributed by atoms with E-state index >= 15 is 8.78 Å². The lowest BCUT2D eigenvalue weighted by molar-refractivity contribution is -0.147. The van der Waals surface area contributed by atoms with Crippen LogP contribution in [0.1, 0.15) is 76.9 Å². The third-order valence-electron chi connectivity index (χ3n) is 11.3. The van der Waals surface area contributed by atoms with Gasteiger partial charge in [-0.15, -0.1) is 0 Å². The SMILES string of the molecule is CCOC(=O)C(C)Cc1cccc(C(C)(CCC(C)(C)COc2ccn[nH]2)c2nc(-c3cc(Oc4c(F)cc5c(ccn5-c5ccccc5)c4COC(C)=O)ccc3F)n(C)n2)c1. The molecule has 0 aliphatic carbocycles. The van der Waals surface area contributed by atoms with Crippen molar-refractivity contribution in [3.8, 4) is 34.5 Å². The molecular formula is C49H52F2N6O6. The highest BCUT2D eigenvalue weighted by atomic mass is 19.1. The molecule has 0 saturated heterocycles. The van der Waals surface area contributed by atoms with Gasteiger partial charge in [-0.05, 0) is 86.1 Å². The van der Waals surface area contributed by atoms with Gasteiger partial charge < -0.3 is 23.5 Å². The first kappa shape index (κ1) is 44.2. The average Bonchev–Trinajstić information content (AvgIpc) is 4.04. The van der Waals surface area contributed by atoms with E-state index in [4.69, 9.17) is 29.0 Å². The van der Waals surface area contributed by atoms with Crippen molar-refractivity contribution >= 4 is 22.8 Å². The molecular weight excluding hydrogens is 807 g/mol. The van der Waals surface area contributed by atoms with Gasteiger partial charge in [0.1, 0.15) is 18.2 Å². The van der Waals surface area contributed by atoms with Crippen LogP contribution < -0.4 is 9.47 Å². The molecule has 3 aromatic heterocycles. The Kier molecular flexibility index (Phi) is 13.1. The Morgan fingerprint density at radius 3 is 2.43 bits per heavy atom. The van der Waals surface area contributed by atoms with Crippen molar-refractivity contribution in [1.29, 1.82) is 0 Å². The van der Waals surface area contributed by atoms with Crippen molar-refractivity contribution in [3.63, 3.8) is 0 Å². The standard InChI is InChI=1S/C49H52F2N6O6/c1-8-60-46(59)31(2)25-33-13-12-14-34(26-33)49(6,22-21-48(4,5)30-62-43-19-23-52-54-43)47-53-45(56(7)55-47)38-27-36(17-18-40(38)50)63-44-39(29-61-32(3)58)37-20-24-57(42(37)28-41(44)51)35-15-10-9-11-16-35/h9-20,23-24,26-28,31H,8,21-22,25,29-30H2,1-7H3,(H,52,54). The van der Waals surface area contributed by atoms with E-state index < -0.39 is 23.0 Å². The summed E-state index contributed by atoms with van der Waals surface area (Å²) in [6, 6.07) is 26.6. The molecule has 2 unspecified atom stereocenters. The van der Waals surface area contributed by atoms with Crippen LogP contribution >= 0.6 is 0 Å². The summed E-state index contributed by atoms with van der Waals surface area (Å²) < 4.78 is 58.6. The second kappa shape index (κ2) is 18.6. The number of hydrogen-bond acceptors (Lipinski definition) is 9. The van der Waals surface area contributed by atoms with Gasteiger partial charge in [0.2, 0.25) is 5.88 Å². The number of rotatable bonds is 18. The minimum absolute atomic E-state index is 0.0830. The number of nitrogens with zero attached hydrogens (tertiary/aromatic N) is 5. The molecule has 2 atom stereocenters. The maximum Gasteiger partial charge on any atom is 0.308 e. The Bertz CT molecular complexity index is 2710. The number of aromatic amines is 1. The molecule has 7 aromatic rings. The molecule has 0 bridgehead atoms. The minimum Gasteiger partial charge on any atom is -0.477 e. The highest BCUT2D eigenvalue weighted by Gasteiger charge is 2.37. The van der Waals surface area contributed by atoms with E-state index in [-0.39, 0.29) is 46.8 Å². The van der Waals surface area contributed by atoms with Crippen LogP contribution in [0.25, 0.3) is 28.0 Å². The van der Waals surface area contributed by atoms with Gasteiger partial charge in [-0.2, -0.15) is 10.2 Å². The fraction of sp³-hybridized carbons (Fsp3) is 0.327. The normalized spacial score (nSPS) is 13.1. The zero-order valence-corrected chi connectivity index (χ0v) is 36.6. The number of aromatic nitrogens is 6. The van der Waals surface area contributed by atoms with Crippen molar-refractivity contribution in [1.82, 2.24) is 29.5 Å². The molecule has 0 aliphatic heterocycles. The van der Waals surface area contributed by atoms with Gasteiger partial charge >= 0.3 is 11.9 Å². The first-order valence-electron chi connectivity index (χ1n) is 20.9. The van der Waals surface area contributed by atoms with Crippen LogP contribution in [0.5, 0.6) is 17.4 Å². The summed E-state index contributed by atoms with van der Waals surface area (Å²) in [5, 5.41) is 12.4. The number of benzene rings is 4. The molecule has 0 fully saturated rings. The smallest absolute Gasteiger partial charge is 0.308 e. The maximum absolute atomic E-state index is 16.3. The van der Waals surface area contributed by atoms with Gasteiger partial charge in [-0.25, -0.2) is 23.5 Å². The molecule has 63 heavy (non-hydrogen) atoms.